The summed E-state index contributed by atoms with van der Waals surface area (Å²) in [6, 6.07) is 0. The number of thioether (sulfide) groups is 1. The third-order valence-corrected chi connectivity index (χ3v) is 2.09. The Bertz CT molecular complexity index is 260. The van der Waals surface area contributed by atoms with Crippen molar-refractivity contribution in [2.24, 2.45) is 4.99 Å². The maximum absolute atomic E-state index is 11.1. The zero-order valence-electron chi connectivity index (χ0n) is 8.48. The van der Waals surface area contributed by atoms with Crippen molar-refractivity contribution in [1.82, 2.24) is 4.90 Å². The highest BCUT2D eigenvalue weighted by molar-refractivity contribution is 8.13. The van der Waals surface area contributed by atoms with Crippen molar-refractivity contribution in [3.63, 3.8) is 0 Å². The lowest BCUT2D eigenvalue weighted by Gasteiger charge is -2.16. The number of carbonyl (C=O) groups is 1. The summed E-state index contributed by atoms with van der Waals surface area (Å²) in [6.07, 6.45) is 3.47. The Hall–Kier alpha value is -1.22. The number of nitrogens with zero attached hydrogens (tertiary/aromatic N) is 3. The van der Waals surface area contributed by atoms with Gasteiger partial charge in [-0.25, -0.2) is 0 Å². The zero-order chi connectivity index (χ0) is 11.0. The molecular weight excluding hydrogens is 202 g/mol. The topological polar surface area (TPSA) is 65.7 Å². The lowest BCUT2D eigenvalue weighted by molar-refractivity contribution is -0.143. The number of hydrogen-bond acceptors (Lipinski definition) is 5. The summed E-state index contributed by atoms with van der Waals surface area (Å²) in [7, 11) is 1.68. The maximum Gasteiger partial charge on any atom is 0.325 e. The fourth-order valence-electron chi connectivity index (χ4n) is 0.798. The van der Waals surface area contributed by atoms with Gasteiger partial charge in [0.25, 0.3) is 0 Å². The average Bonchev–Trinajstić information content (AvgIpc) is 2.14. The van der Waals surface area contributed by atoms with Crippen LogP contribution in [0, 0.1) is 11.5 Å². The van der Waals surface area contributed by atoms with Crippen LogP contribution in [0.25, 0.3) is 0 Å². The van der Waals surface area contributed by atoms with Crippen LogP contribution < -0.4 is 0 Å². The first kappa shape index (κ1) is 12.8. The van der Waals surface area contributed by atoms with Crippen LogP contribution >= 0.6 is 11.8 Å². The van der Waals surface area contributed by atoms with Gasteiger partial charge < -0.3 is 9.64 Å². The minimum Gasteiger partial charge on any atom is -0.465 e. The van der Waals surface area contributed by atoms with Crippen LogP contribution in [0.4, 0.5) is 0 Å². The Kier molecular flexibility index (Phi) is 6.58. The maximum atomic E-state index is 11.1. The van der Waals surface area contributed by atoms with E-state index in [1.807, 2.05) is 0 Å². The van der Waals surface area contributed by atoms with Crippen molar-refractivity contribution in [3.8, 4) is 6.19 Å². The molecule has 0 bridgehead atoms. The van der Waals surface area contributed by atoms with Gasteiger partial charge >= 0.3 is 5.97 Å². The number of amidine groups is 1. The quantitative estimate of drug-likeness (QED) is 0.300. The Balaban J connectivity index is 4.19. The number of esters is 1. The number of carbonyl (C=O) groups excluding carboxylic acids is 1. The number of rotatable bonds is 3. The molecule has 0 rings (SSSR count). The van der Waals surface area contributed by atoms with E-state index in [1.54, 1.807) is 31.3 Å². The van der Waals surface area contributed by atoms with Crippen LogP contribution in [0.15, 0.2) is 4.99 Å². The number of nitriles is 1. The minimum atomic E-state index is -0.324. The molecule has 0 heterocycles. The average molecular weight is 215 g/mol. The second-order valence-corrected chi connectivity index (χ2v) is 3.13. The monoisotopic (exact) mass is 215 g/mol. The first-order chi connectivity index (χ1) is 6.65. The lowest BCUT2D eigenvalue weighted by Crippen LogP contribution is -2.31. The van der Waals surface area contributed by atoms with E-state index in [0.29, 0.717) is 11.8 Å². The molecule has 0 atom stereocenters. The Morgan fingerprint density at radius 2 is 2.36 bits per heavy atom. The van der Waals surface area contributed by atoms with Crippen molar-refractivity contribution in [2.45, 2.75) is 6.92 Å². The molecule has 0 saturated heterocycles. The SMILES string of the molecule is CCOC(=O)CN(C)C(=NC#N)SC. The van der Waals surface area contributed by atoms with E-state index in [0.717, 1.165) is 0 Å². The summed E-state index contributed by atoms with van der Waals surface area (Å²) in [5.41, 5.74) is 0. The van der Waals surface area contributed by atoms with Gasteiger partial charge in [0.15, 0.2) is 5.17 Å². The first-order valence-corrected chi connectivity index (χ1v) is 5.25. The molecule has 0 aliphatic rings. The van der Waals surface area contributed by atoms with Crippen LogP contribution in [0.2, 0.25) is 0 Å². The normalized spacial score (nSPS) is 10.6. The molecule has 0 amide bonds. The summed E-state index contributed by atoms with van der Waals surface area (Å²) in [5.74, 6) is -0.324. The number of likely N-dealkylation sites (N-methyl/N-ethyl adjacent to an activating group) is 1. The van der Waals surface area contributed by atoms with E-state index in [4.69, 9.17) is 10.00 Å². The lowest BCUT2D eigenvalue weighted by atomic mass is 10.6. The predicted octanol–water partition coefficient (Wildman–Crippen LogP) is 0.681. The van der Waals surface area contributed by atoms with E-state index in [2.05, 4.69) is 4.99 Å². The van der Waals surface area contributed by atoms with Gasteiger partial charge in [0.05, 0.1) is 6.61 Å². The Morgan fingerprint density at radius 3 is 2.79 bits per heavy atom. The van der Waals surface area contributed by atoms with Crippen molar-refractivity contribution < 1.29 is 9.53 Å². The number of aliphatic imine (C=N–C) groups is 1. The van der Waals surface area contributed by atoms with Crippen LogP contribution in [0.3, 0.4) is 0 Å². The van der Waals surface area contributed by atoms with Gasteiger partial charge in [-0.1, -0.05) is 11.8 Å². The smallest absolute Gasteiger partial charge is 0.325 e. The molecule has 0 saturated carbocycles. The summed E-state index contributed by atoms with van der Waals surface area (Å²) in [5, 5.41) is 8.86. The van der Waals surface area contributed by atoms with Gasteiger partial charge in [-0.15, -0.1) is 4.99 Å². The van der Waals surface area contributed by atoms with Crippen LogP contribution in [0.5, 0.6) is 0 Å². The van der Waals surface area contributed by atoms with E-state index >= 15 is 0 Å². The van der Waals surface area contributed by atoms with Gasteiger partial charge in [0.2, 0.25) is 6.19 Å². The molecule has 0 aromatic heterocycles. The predicted molar refractivity (Wildman–Crippen MR) is 55.8 cm³/mol. The third kappa shape index (κ3) is 4.72. The fourth-order valence-corrected chi connectivity index (χ4v) is 1.31. The van der Waals surface area contributed by atoms with Crippen molar-refractivity contribution >= 4 is 22.9 Å². The van der Waals surface area contributed by atoms with E-state index in [9.17, 15) is 4.79 Å². The third-order valence-electron chi connectivity index (χ3n) is 1.33. The molecule has 0 aliphatic carbocycles. The first-order valence-electron chi connectivity index (χ1n) is 4.03. The largest absolute Gasteiger partial charge is 0.465 e. The standard InChI is InChI=1S/C8H13N3O2S/c1-4-13-7(12)5-11(2)8(14-3)10-6-9/h4-5H2,1-3H3. The molecule has 5 nitrogen and oxygen atoms in total. The van der Waals surface area contributed by atoms with Crippen molar-refractivity contribution in [2.75, 3.05) is 26.5 Å². The van der Waals surface area contributed by atoms with Crippen molar-refractivity contribution in [1.29, 1.82) is 5.26 Å². The molecule has 78 valence electrons. The van der Waals surface area contributed by atoms with Gasteiger partial charge in [0.1, 0.15) is 6.54 Å². The van der Waals surface area contributed by atoms with Gasteiger partial charge in [-0.05, 0) is 13.2 Å². The minimum absolute atomic E-state index is 0.106. The molecule has 14 heavy (non-hydrogen) atoms. The Morgan fingerprint density at radius 1 is 1.71 bits per heavy atom. The Labute approximate surface area is 87.7 Å². The molecule has 6 heteroatoms. The highest BCUT2D eigenvalue weighted by Crippen LogP contribution is 2.02. The molecule has 0 spiro atoms. The zero-order valence-corrected chi connectivity index (χ0v) is 9.30. The van der Waals surface area contributed by atoms with E-state index in [1.165, 1.54) is 11.8 Å². The molecule has 0 aromatic rings. The summed E-state index contributed by atoms with van der Waals surface area (Å²) >= 11 is 1.31. The number of ether oxygens (including phenoxy) is 1. The van der Waals surface area contributed by atoms with E-state index in [-0.39, 0.29) is 12.5 Å². The second kappa shape index (κ2) is 7.21. The molecule has 0 radical (unpaired) electrons. The molecule has 0 aromatic carbocycles. The van der Waals surface area contributed by atoms with Crippen molar-refractivity contribution in [3.05, 3.63) is 0 Å². The highest BCUT2D eigenvalue weighted by Gasteiger charge is 2.10. The van der Waals surface area contributed by atoms with Gasteiger partial charge in [0, 0.05) is 7.05 Å². The molecule has 0 N–H and O–H groups in total. The second-order valence-electron chi connectivity index (χ2n) is 2.36. The molecule has 0 fully saturated rings. The van der Waals surface area contributed by atoms with Crippen LogP contribution in [0.1, 0.15) is 6.92 Å². The summed E-state index contributed by atoms with van der Waals surface area (Å²) in [6.45, 7) is 2.21. The fraction of sp³-hybridized carbons (Fsp3) is 0.625. The molecule has 0 aliphatic heterocycles. The summed E-state index contributed by atoms with van der Waals surface area (Å²) in [4.78, 5) is 16.2. The molecular formula is C8H13N3O2S. The van der Waals surface area contributed by atoms with Crippen LogP contribution in [-0.4, -0.2) is 42.5 Å². The number of hydrogen-bond donors (Lipinski definition) is 0. The summed E-state index contributed by atoms with van der Waals surface area (Å²) < 4.78 is 4.76. The highest BCUT2D eigenvalue weighted by atomic mass is 32.2. The van der Waals surface area contributed by atoms with E-state index < -0.39 is 0 Å². The van der Waals surface area contributed by atoms with Gasteiger partial charge in [-0.3, -0.25) is 4.79 Å². The van der Waals surface area contributed by atoms with Gasteiger partial charge in [-0.2, -0.15) is 5.26 Å². The molecule has 0 unspecified atom stereocenters. The van der Waals surface area contributed by atoms with Crippen LogP contribution in [-0.2, 0) is 9.53 Å².